The van der Waals surface area contributed by atoms with Crippen LogP contribution in [0.5, 0.6) is 0 Å². The zero-order valence-corrected chi connectivity index (χ0v) is 22.0. The van der Waals surface area contributed by atoms with Gasteiger partial charge in [-0.2, -0.15) is 0 Å². The van der Waals surface area contributed by atoms with E-state index in [1.807, 2.05) is 24.3 Å². The highest BCUT2D eigenvalue weighted by molar-refractivity contribution is 5.90. The first-order chi connectivity index (χ1) is 15.5. The van der Waals surface area contributed by atoms with Crippen LogP contribution in [0.1, 0.15) is 112 Å². The highest BCUT2D eigenvalue weighted by Crippen LogP contribution is 2.54. The minimum Gasteiger partial charge on any atom is -0.465 e. The van der Waals surface area contributed by atoms with E-state index in [0.29, 0.717) is 11.5 Å². The van der Waals surface area contributed by atoms with Crippen LogP contribution in [0.2, 0.25) is 0 Å². The van der Waals surface area contributed by atoms with E-state index in [-0.39, 0.29) is 16.8 Å². The van der Waals surface area contributed by atoms with Gasteiger partial charge in [0.2, 0.25) is 0 Å². The highest BCUT2D eigenvalue weighted by Gasteiger charge is 2.48. The SMILES string of the molecule is CCCCCCc1cc2c(cc1C(C)=Cc1ccc(C(=O)OC)cc1)C(C)(C)C(C)C2(C)C. The van der Waals surface area contributed by atoms with Crippen molar-refractivity contribution in [3.63, 3.8) is 0 Å². The standard InChI is InChI=1S/C31H42O2/c1-9-10-11-12-13-25-19-27-28(31(6,7)22(3)30(27,4)5)20-26(25)21(2)18-23-14-16-24(17-15-23)29(32)33-8/h14-20,22H,9-13H2,1-8H3. The maximum Gasteiger partial charge on any atom is 0.337 e. The zero-order valence-electron chi connectivity index (χ0n) is 22.0. The van der Waals surface area contributed by atoms with Crippen molar-refractivity contribution in [1.29, 1.82) is 0 Å². The molecule has 0 bridgehead atoms. The average Bonchev–Trinajstić information content (AvgIpc) is 2.92. The largest absolute Gasteiger partial charge is 0.465 e. The summed E-state index contributed by atoms with van der Waals surface area (Å²) in [6.07, 6.45) is 8.46. The Morgan fingerprint density at radius 2 is 1.58 bits per heavy atom. The Morgan fingerprint density at radius 1 is 0.970 bits per heavy atom. The fourth-order valence-electron chi connectivity index (χ4n) is 5.56. The minimum absolute atomic E-state index is 0.150. The number of unbranched alkanes of at least 4 members (excludes halogenated alkanes) is 3. The predicted octanol–water partition coefficient (Wildman–Crippen LogP) is 8.36. The lowest BCUT2D eigenvalue weighted by Crippen LogP contribution is -2.30. The van der Waals surface area contributed by atoms with Crippen LogP contribution in [0.3, 0.4) is 0 Å². The maximum atomic E-state index is 11.8. The third kappa shape index (κ3) is 4.95. The molecule has 0 aromatic heterocycles. The van der Waals surface area contributed by atoms with Gasteiger partial charge < -0.3 is 4.74 Å². The molecule has 0 fully saturated rings. The van der Waals surface area contributed by atoms with Crippen molar-refractivity contribution in [1.82, 2.24) is 0 Å². The molecule has 178 valence electrons. The molecule has 0 aliphatic heterocycles. The molecule has 0 spiro atoms. The molecule has 2 nitrogen and oxygen atoms in total. The molecule has 1 aliphatic rings. The number of carbonyl (C=O) groups is 1. The minimum atomic E-state index is -0.297. The molecule has 0 N–H and O–H groups in total. The van der Waals surface area contributed by atoms with Gasteiger partial charge in [0.25, 0.3) is 0 Å². The number of methoxy groups -OCH3 is 1. The molecule has 0 heterocycles. The number of fused-ring (bicyclic) bond motifs is 1. The van der Waals surface area contributed by atoms with Gasteiger partial charge in [-0.3, -0.25) is 0 Å². The second-order valence-corrected chi connectivity index (χ2v) is 11.0. The van der Waals surface area contributed by atoms with Gasteiger partial charge >= 0.3 is 5.97 Å². The summed E-state index contributed by atoms with van der Waals surface area (Å²) in [5.41, 5.74) is 9.18. The molecular formula is C31H42O2. The normalized spacial score (nSPS) is 18.8. The van der Waals surface area contributed by atoms with E-state index in [1.54, 1.807) is 0 Å². The molecule has 1 aliphatic carbocycles. The fourth-order valence-corrected chi connectivity index (χ4v) is 5.56. The van der Waals surface area contributed by atoms with Crippen LogP contribution in [0, 0.1) is 5.92 Å². The zero-order chi connectivity index (χ0) is 24.4. The smallest absolute Gasteiger partial charge is 0.337 e. The lowest BCUT2D eigenvalue weighted by molar-refractivity contribution is 0.0600. The molecule has 2 aromatic carbocycles. The first-order valence-corrected chi connectivity index (χ1v) is 12.6. The topological polar surface area (TPSA) is 26.3 Å². The van der Waals surface area contributed by atoms with Gasteiger partial charge in [0.15, 0.2) is 0 Å². The number of rotatable bonds is 8. The van der Waals surface area contributed by atoms with Crippen LogP contribution in [0.4, 0.5) is 0 Å². The Labute approximate surface area is 201 Å². The Morgan fingerprint density at radius 3 is 2.15 bits per heavy atom. The first-order valence-electron chi connectivity index (χ1n) is 12.6. The van der Waals surface area contributed by atoms with Crippen molar-refractivity contribution in [3.8, 4) is 0 Å². The van der Waals surface area contributed by atoms with Crippen LogP contribution in [0.15, 0.2) is 36.4 Å². The molecule has 0 amide bonds. The van der Waals surface area contributed by atoms with E-state index in [9.17, 15) is 4.79 Å². The van der Waals surface area contributed by atoms with Crippen molar-refractivity contribution < 1.29 is 9.53 Å². The second-order valence-electron chi connectivity index (χ2n) is 11.0. The number of ether oxygens (including phenoxy) is 1. The van der Waals surface area contributed by atoms with Crippen molar-refractivity contribution in [2.45, 2.75) is 91.4 Å². The summed E-state index contributed by atoms with van der Waals surface area (Å²) in [4.78, 5) is 11.8. The molecule has 2 aromatic rings. The monoisotopic (exact) mass is 446 g/mol. The van der Waals surface area contributed by atoms with E-state index < -0.39 is 0 Å². The summed E-state index contributed by atoms with van der Waals surface area (Å²) in [7, 11) is 1.42. The van der Waals surface area contributed by atoms with E-state index in [4.69, 9.17) is 4.74 Å². The van der Waals surface area contributed by atoms with Crippen molar-refractivity contribution in [2.24, 2.45) is 5.92 Å². The van der Waals surface area contributed by atoms with E-state index in [2.05, 4.69) is 66.7 Å². The number of benzene rings is 2. The van der Waals surface area contributed by atoms with Crippen LogP contribution >= 0.6 is 0 Å². The number of hydrogen-bond donors (Lipinski definition) is 0. The molecule has 0 saturated heterocycles. The Bertz CT molecular complexity index is 1020. The van der Waals surface area contributed by atoms with Crippen LogP contribution in [-0.2, 0) is 22.0 Å². The van der Waals surface area contributed by atoms with Gasteiger partial charge in [0, 0.05) is 0 Å². The number of aryl methyl sites for hydroxylation is 1. The molecule has 0 saturated carbocycles. The Balaban J connectivity index is 2.04. The van der Waals surface area contributed by atoms with Crippen molar-refractivity contribution in [2.75, 3.05) is 7.11 Å². The molecule has 0 radical (unpaired) electrons. The van der Waals surface area contributed by atoms with E-state index in [1.165, 1.54) is 60.6 Å². The Kier molecular flexibility index (Phi) is 7.56. The lowest BCUT2D eigenvalue weighted by Gasteiger charge is -2.32. The summed E-state index contributed by atoms with van der Waals surface area (Å²) in [5, 5.41) is 0. The summed E-state index contributed by atoms with van der Waals surface area (Å²) < 4.78 is 4.83. The first kappa shape index (κ1) is 25.3. The van der Waals surface area contributed by atoms with Gasteiger partial charge in [-0.15, -0.1) is 0 Å². The fraction of sp³-hybridized carbons (Fsp3) is 0.516. The molecule has 2 heteroatoms. The van der Waals surface area contributed by atoms with E-state index in [0.717, 1.165) is 12.0 Å². The number of allylic oxidation sites excluding steroid dienone is 1. The summed E-state index contributed by atoms with van der Waals surface area (Å²) in [5.74, 6) is 0.285. The summed E-state index contributed by atoms with van der Waals surface area (Å²) in [6.45, 7) is 16.5. The average molecular weight is 447 g/mol. The van der Waals surface area contributed by atoms with Crippen LogP contribution in [-0.4, -0.2) is 13.1 Å². The quantitative estimate of drug-likeness (QED) is 0.231. The number of carbonyl (C=O) groups excluding carboxylic acids is 1. The third-order valence-electron chi connectivity index (χ3n) is 8.24. The van der Waals surface area contributed by atoms with E-state index >= 15 is 0 Å². The van der Waals surface area contributed by atoms with Gasteiger partial charge in [-0.05, 0) is 82.0 Å². The number of hydrogen-bond acceptors (Lipinski definition) is 2. The molecule has 1 unspecified atom stereocenters. The van der Waals surface area contributed by atoms with Crippen LogP contribution < -0.4 is 0 Å². The lowest BCUT2D eigenvalue weighted by atomic mass is 9.71. The molecular weight excluding hydrogens is 404 g/mol. The van der Waals surface area contributed by atoms with Crippen molar-refractivity contribution in [3.05, 3.63) is 69.8 Å². The van der Waals surface area contributed by atoms with Gasteiger partial charge in [-0.25, -0.2) is 4.79 Å². The Hall–Kier alpha value is -2.35. The van der Waals surface area contributed by atoms with Crippen molar-refractivity contribution >= 4 is 17.6 Å². The van der Waals surface area contributed by atoms with Crippen LogP contribution in [0.25, 0.3) is 11.6 Å². The van der Waals surface area contributed by atoms with Gasteiger partial charge in [-0.1, -0.05) is 91.1 Å². The van der Waals surface area contributed by atoms with Gasteiger partial charge in [0.05, 0.1) is 12.7 Å². The summed E-state index contributed by atoms with van der Waals surface area (Å²) >= 11 is 0. The predicted molar refractivity (Wildman–Crippen MR) is 141 cm³/mol. The second kappa shape index (κ2) is 9.87. The molecule has 1 atom stereocenters. The molecule has 33 heavy (non-hydrogen) atoms. The van der Waals surface area contributed by atoms with Gasteiger partial charge in [0.1, 0.15) is 0 Å². The maximum absolute atomic E-state index is 11.8. The highest BCUT2D eigenvalue weighted by atomic mass is 16.5. The third-order valence-corrected chi connectivity index (χ3v) is 8.24. The summed E-state index contributed by atoms with van der Waals surface area (Å²) in [6, 6.07) is 12.7. The number of esters is 1. The molecule has 3 rings (SSSR count).